The lowest BCUT2D eigenvalue weighted by molar-refractivity contribution is -0.137. The molecule has 2 rings (SSSR count). The summed E-state index contributed by atoms with van der Waals surface area (Å²) >= 11 is 0. The van der Waals surface area contributed by atoms with Gasteiger partial charge in [0.2, 0.25) is 5.91 Å². The molecule has 1 aliphatic rings. The smallest absolute Gasteiger partial charge is 0.330 e. The van der Waals surface area contributed by atoms with Gasteiger partial charge in [0, 0.05) is 18.2 Å². The molecule has 0 atom stereocenters. The van der Waals surface area contributed by atoms with Gasteiger partial charge in [-0.25, -0.2) is 4.79 Å². The van der Waals surface area contributed by atoms with Gasteiger partial charge in [-0.3, -0.25) is 4.79 Å². The predicted molar refractivity (Wildman–Crippen MR) is 74.7 cm³/mol. The molecule has 0 unspecified atom stereocenters. The molecule has 5 heteroatoms. The van der Waals surface area contributed by atoms with Crippen LogP contribution >= 0.6 is 0 Å². The van der Waals surface area contributed by atoms with Crippen molar-refractivity contribution in [3.63, 3.8) is 0 Å². The van der Waals surface area contributed by atoms with Crippen molar-refractivity contribution in [1.29, 1.82) is 0 Å². The largest absolute Gasteiger partial charge is 0.490 e. The highest BCUT2D eigenvalue weighted by Gasteiger charge is 2.14. The van der Waals surface area contributed by atoms with Gasteiger partial charge in [-0.05, 0) is 43.2 Å². The zero-order chi connectivity index (χ0) is 14.4. The van der Waals surface area contributed by atoms with Gasteiger partial charge in [0.05, 0.1) is 6.61 Å². The standard InChI is InChI=1S/C15H17NO4/c1-2-19-15(18)4-3-9-20-12-6-7-13-11(10-12)5-8-14(17)16-13/h3-4,6-7,10H,2,5,8-9H2,1H3,(H,16,17)/b4-3+. The van der Waals surface area contributed by atoms with Crippen LogP contribution in [-0.2, 0) is 20.7 Å². The number of carbonyl (C=O) groups is 2. The zero-order valence-corrected chi connectivity index (χ0v) is 11.3. The normalized spacial score (nSPS) is 13.8. The van der Waals surface area contributed by atoms with Gasteiger partial charge in [0.25, 0.3) is 0 Å². The molecule has 1 amide bonds. The summed E-state index contributed by atoms with van der Waals surface area (Å²) in [5, 5.41) is 2.81. The van der Waals surface area contributed by atoms with E-state index in [-0.39, 0.29) is 11.9 Å². The van der Waals surface area contributed by atoms with E-state index in [4.69, 9.17) is 9.47 Å². The van der Waals surface area contributed by atoms with Crippen LogP contribution in [0.3, 0.4) is 0 Å². The average Bonchev–Trinajstić information content (AvgIpc) is 2.44. The molecule has 1 heterocycles. The van der Waals surface area contributed by atoms with Crippen LogP contribution in [0.4, 0.5) is 5.69 Å². The minimum Gasteiger partial charge on any atom is -0.490 e. The number of amides is 1. The fraction of sp³-hybridized carbons (Fsp3) is 0.333. The van der Waals surface area contributed by atoms with Crippen LogP contribution < -0.4 is 10.1 Å². The highest BCUT2D eigenvalue weighted by molar-refractivity contribution is 5.94. The van der Waals surface area contributed by atoms with Crippen molar-refractivity contribution >= 4 is 17.6 Å². The SMILES string of the molecule is CCOC(=O)/C=C/COc1ccc2c(c1)CCC(=O)N2. The van der Waals surface area contributed by atoms with E-state index in [0.29, 0.717) is 25.4 Å². The fourth-order valence-electron chi connectivity index (χ4n) is 1.93. The quantitative estimate of drug-likeness (QED) is 0.660. The third-order valence-electron chi connectivity index (χ3n) is 2.86. The molecule has 1 aromatic carbocycles. The molecule has 0 aromatic heterocycles. The number of fused-ring (bicyclic) bond motifs is 1. The van der Waals surface area contributed by atoms with Crippen LogP contribution in [0.1, 0.15) is 18.9 Å². The molecule has 0 fully saturated rings. The lowest BCUT2D eigenvalue weighted by atomic mass is 10.0. The van der Waals surface area contributed by atoms with Crippen LogP contribution in [-0.4, -0.2) is 25.1 Å². The molecule has 1 aromatic rings. The van der Waals surface area contributed by atoms with Crippen molar-refractivity contribution in [3.05, 3.63) is 35.9 Å². The van der Waals surface area contributed by atoms with Crippen molar-refractivity contribution in [3.8, 4) is 5.75 Å². The Balaban J connectivity index is 1.88. The van der Waals surface area contributed by atoms with Crippen LogP contribution in [0.2, 0.25) is 0 Å². The molecule has 0 bridgehead atoms. The number of anilines is 1. The second-order valence-electron chi connectivity index (χ2n) is 4.33. The lowest BCUT2D eigenvalue weighted by Gasteiger charge is -2.17. The van der Waals surface area contributed by atoms with E-state index < -0.39 is 0 Å². The van der Waals surface area contributed by atoms with E-state index in [0.717, 1.165) is 17.7 Å². The Morgan fingerprint density at radius 1 is 1.40 bits per heavy atom. The number of aryl methyl sites for hydroxylation is 1. The van der Waals surface area contributed by atoms with Crippen molar-refractivity contribution in [2.75, 3.05) is 18.5 Å². The zero-order valence-electron chi connectivity index (χ0n) is 11.3. The highest BCUT2D eigenvalue weighted by Crippen LogP contribution is 2.26. The van der Waals surface area contributed by atoms with E-state index in [1.807, 2.05) is 12.1 Å². The second-order valence-corrected chi connectivity index (χ2v) is 4.33. The summed E-state index contributed by atoms with van der Waals surface area (Å²) in [6.45, 7) is 2.42. The Hall–Kier alpha value is -2.30. The maximum Gasteiger partial charge on any atom is 0.330 e. The first-order chi connectivity index (χ1) is 9.69. The number of carbonyl (C=O) groups excluding carboxylic acids is 2. The van der Waals surface area contributed by atoms with Crippen LogP contribution in [0.5, 0.6) is 5.75 Å². The van der Waals surface area contributed by atoms with Crippen molar-refractivity contribution in [1.82, 2.24) is 0 Å². The predicted octanol–water partition coefficient (Wildman–Crippen LogP) is 2.07. The second kappa shape index (κ2) is 6.75. The van der Waals surface area contributed by atoms with E-state index in [1.54, 1.807) is 19.1 Å². The summed E-state index contributed by atoms with van der Waals surface area (Å²) in [7, 11) is 0. The van der Waals surface area contributed by atoms with Gasteiger partial charge in [-0.1, -0.05) is 0 Å². The number of rotatable bonds is 5. The average molecular weight is 275 g/mol. The Morgan fingerprint density at radius 3 is 3.05 bits per heavy atom. The van der Waals surface area contributed by atoms with E-state index in [9.17, 15) is 9.59 Å². The molecule has 0 aliphatic carbocycles. The summed E-state index contributed by atoms with van der Waals surface area (Å²) in [6, 6.07) is 5.53. The third kappa shape index (κ3) is 3.85. The molecule has 5 nitrogen and oxygen atoms in total. The number of nitrogens with one attached hydrogen (secondary N) is 1. The Labute approximate surface area is 117 Å². The Kier molecular flexibility index (Phi) is 4.76. The van der Waals surface area contributed by atoms with Gasteiger partial charge in [0.1, 0.15) is 12.4 Å². The Morgan fingerprint density at radius 2 is 2.25 bits per heavy atom. The van der Waals surface area contributed by atoms with Gasteiger partial charge in [-0.2, -0.15) is 0 Å². The molecule has 0 radical (unpaired) electrons. The molecule has 0 saturated carbocycles. The van der Waals surface area contributed by atoms with Gasteiger partial charge < -0.3 is 14.8 Å². The number of ether oxygens (including phenoxy) is 2. The molecule has 1 N–H and O–H groups in total. The lowest BCUT2D eigenvalue weighted by Crippen LogP contribution is -2.18. The summed E-state index contributed by atoms with van der Waals surface area (Å²) < 4.78 is 10.3. The maximum absolute atomic E-state index is 11.2. The minimum absolute atomic E-state index is 0.0449. The van der Waals surface area contributed by atoms with E-state index in [1.165, 1.54) is 6.08 Å². The van der Waals surface area contributed by atoms with Gasteiger partial charge >= 0.3 is 5.97 Å². The highest BCUT2D eigenvalue weighted by atomic mass is 16.5. The number of benzene rings is 1. The van der Waals surface area contributed by atoms with Crippen LogP contribution in [0.15, 0.2) is 30.4 Å². The first-order valence-corrected chi connectivity index (χ1v) is 6.58. The van der Waals surface area contributed by atoms with Crippen LogP contribution in [0.25, 0.3) is 0 Å². The molecule has 0 spiro atoms. The first kappa shape index (κ1) is 14.1. The molecule has 0 saturated heterocycles. The fourth-order valence-corrected chi connectivity index (χ4v) is 1.93. The number of hydrogen-bond donors (Lipinski definition) is 1. The summed E-state index contributed by atoms with van der Waals surface area (Å²) in [5.74, 6) is 0.390. The maximum atomic E-state index is 11.2. The first-order valence-electron chi connectivity index (χ1n) is 6.58. The Bertz CT molecular complexity index is 537. The van der Waals surface area contributed by atoms with Crippen molar-refractivity contribution in [2.45, 2.75) is 19.8 Å². The number of esters is 1. The van der Waals surface area contributed by atoms with E-state index >= 15 is 0 Å². The van der Waals surface area contributed by atoms with Crippen LogP contribution in [0, 0.1) is 0 Å². The van der Waals surface area contributed by atoms with Crippen molar-refractivity contribution in [2.24, 2.45) is 0 Å². The number of hydrogen-bond acceptors (Lipinski definition) is 4. The van der Waals surface area contributed by atoms with E-state index in [2.05, 4.69) is 5.32 Å². The minimum atomic E-state index is -0.371. The topological polar surface area (TPSA) is 64.6 Å². The summed E-state index contributed by atoms with van der Waals surface area (Å²) in [5.41, 5.74) is 1.91. The molecule has 1 aliphatic heterocycles. The monoisotopic (exact) mass is 275 g/mol. The third-order valence-corrected chi connectivity index (χ3v) is 2.86. The van der Waals surface area contributed by atoms with Gasteiger partial charge in [-0.15, -0.1) is 0 Å². The molecule has 20 heavy (non-hydrogen) atoms. The van der Waals surface area contributed by atoms with Gasteiger partial charge in [0.15, 0.2) is 0 Å². The molecular formula is C15H17NO4. The summed E-state index contributed by atoms with van der Waals surface area (Å²) in [6.07, 6.45) is 4.18. The summed E-state index contributed by atoms with van der Waals surface area (Å²) in [4.78, 5) is 22.3. The molecular weight excluding hydrogens is 258 g/mol. The molecule has 106 valence electrons. The van der Waals surface area contributed by atoms with Crippen molar-refractivity contribution < 1.29 is 19.1 Å².